The normalized spacial score (nSPS) is 14.5. The molecule has 0 bridgehead atoms. The van der Waals surface area contributed by atoms with Crippen LogP contribution in [0.15, 0.2) is 66.3 Å². The third-order valence-electron chi connectivity index (χ3n) is 5.45. The van der Waals surface area contributed by atoms with Gasteiger partial charge in [0, 0.05) is 24.8 Å². The third kappa shape index (κ3) is 5.39. The fourth-order valence-corrected chi connectivity index (χ4v) is 4.23. The first-order valence-electron chi connectivity index (χ1n) is 10.4. The van der Waals surface area contributed by atoms with Gasteiger partial charge in [0.1, 0.15) is 12.4 Å². The van der Waals surface area contributed by atoms with E-state index < -0.39 is 0 Å². The van der Waals surface area contributed by atoms with Crippen molar-refractivity contribution in [2.75, 3.05) is 19.7 Å². The first-order chi connectivity index (χ1) is 14.8. The number of carbonyl (C=O) groups is 1. The number of nitrogens with zero attached hydrogens (tertiary/aromatic N) is 2. The second-order valence-corrected chi connectivity index (χ2v) is 8.42. The van der Waals surface area contributed by atoms with Gasteiger partial charge in [-0.05, 0) is 36.8 Å². The molecule has 156 valence electrons. The largest absolute Gasteiger partial charge is 0.493 e. The molecule has 30 heavy (non-hydrogen) atoms. The van der Waals surface area contributed by atoms with E-state index in [-0.39, 0.29) is 6.09 Å². The SMILES string of the molecule is O=C(OCc1cncs1)N1CCC(CCOc2ccccc2-c2ccccc2)CC1. The fraction of sp³-hybridized carbons (Fsp3) is 0.333. The highest BCUT2D eigenvalue weighted by Gasteiger charge is 2.24. The predicted octanol–water partition coefficient (Wildman–Crippen LogP) is 5.63. The van der Waals surface area contributed by atoms with Crippen LogP contribution < -0.4 is 4.74 Å². The molecule has 0 unspecified atom stereocenters. The smallest absolute Gasteiger partial charge is 0.410 e. The molecular weight excluding hydrogens is 396 g/mol. The van der Waals surface area contributed by atoms with E-state index in [1.54, 1.807) is 11.7 Å². The van der Waals surface area contributed by atoms with Gasteiger partial charge in [-0.3, -0.25) is 4.98 Å². The van der Waals surface area contributed by atoms with E-state index in [2.05, 4.69) is 23.2 Å². The van der Waals surface area contributed by atoms with Crippen LogP contribution in [0, 0.1) is 5.92 Å². The maximum Gasteiger partial charge on any atom is 0.410 e. The molecule has 1 aromatic heterocycles. The molecule has 2 aromatic carbocycles. The number of hydrogen-bond acceptors (Lipinski definition) is 5. The van der Waals surface area contributed by atoms with Gasteiger partial charge >= 0.3 is 6.09 Å². The summed E-state index contributed by atoms with van der Waals surface area (Å²) >= 11 is 1.50. The van der Waals surface area contributed by atoms with Gasteiger partial charge in [0.25, 0.3) is 0 Å². The van der Waals surface area contributed by atoms with E-state index in [4.69, 9.17) is 9.47 Å². The summed E-state index contributed by atoms with van der Waals surface area (Å²) in [5.41, 5.74) is 4.03. The number of para-hydroxylation sites is 1. The van der Waals surface area contributed by atoms with Crippen LogP contribution in [0.25, 0.3) is 11.1 Å². The Labute approximate surface area is 181 Å². The van der Waals surface area contributed by atoms with Crippen LogP contribution in [0.2, 0.25) is 0 Å². The lowest BCUT2D eigenvalue weighted by Gasteiger charge is -2.31. The molecule has 0 atom stereocenters. The maximum atomic E-state index is 12.2. The number of aromatic nitrogens is 1. The zero-order chi connectivity index (χ0) is 20.6. The number of thiazole rings is 1. The molecule has 0 spiro atoms. The lowest BCUT2D eigenvalue weighted by atomic mass is 9.94. The van der Waals surface area contributed by atoms with Gasteiger partial charge in [-0.2, -0.15) is 0 Å². The first kappa shape index (κ1) is 20.4. The van der Waals surface area contributed by atoms with Gasteiger partial charge in [-0.15, -0.1) is 11.3 Å². The Kier molecular flexibility index (Phi) is 6.98. The average molecular weight is 423 g/mol. The molecule has 1 saturated heterocycles. The van der Waals surface area contributed by atoms with Crippen LogP contribution in [0.5, 0.6) is 5.75 Å². The summed E-state index contributed by atoms with van der Waals surface area (Å²) < 4.78 is 11.5. The number of rotatable bonds is 7. The zero-order valence-electron chi connectivity index (χ0n) is 16.9. The molecule has 0 N–H and O–H groups in total. The number of amides is 1. The second-order valence-electron chi connectivity index (χ2n) is 7.45. The van der Waals surface area contributed by atoms with Gasteiger partial charge in [0.2, 0.25) is 0 Å². The quantitative estimate of drug-likeness (QED) is 0.495. The van der Waals surface area contributed by atoms with Gasteiger partial charge < -0.3 is 14.4 Å². The minimum Gasteiger partial charge on any atom is -0.493 e. The van der Waals surface area contributed by atoms with Crippen molar-refractivity contribution in [3.63, 3.8) is 0 Å². The number of piperidine rings is 1. The molecule has 1 aliphatic heterocycles. The molecule has 3 aromatic rings. The average Bonchev–Trinajstić information content (AvgIpc) is 3.33. The van der Waals surface area contributed by atoms with E-state index in [1.807, 2.05) is 41.3 Å². The molecule has 5 nitrogen and oxygen atoms in total. The summed E-state index contributed by atoms with van der Waals surface area (Å²) in [4.78, 5) is 19.0. The van der Waals surface area contributed by atoms with Crippen LogP contribution >= 0.6 is 11.3 Å². The monoisotopic (exact) mass is 422 g/mol. The summed E-state index contributed by atoms with van der Waals surface area (Å²) in [5.74, 6) is 1.49. The van der Waals surface area contributed by atoms with Crippen molar-refractivity contribution in [1.82, 2.24) is 9.88 Å². The summed E-state index contributed by atoms with van der Waals surface area (Å²) in [6.45, 7) is 2.47. The van der Waals surface area contributed by atoms with Crippen molar-refractivity contribution in [2.24, 2.45) is 5.92 Å². The van der Waals surface area contributed by atoms with Gasteiger partial charge in [-0.25, -0.2) is 4.79 Å². The summed E-state index contributed by atoms with van der Waals surface area (Å²) in [7, 11) is 0. The van der Waals surface area contributed by atoms with E-state index in [9.17, 15) is 4.79 Å². The molecule has 1 aliphatic rings. The molecular formula is C24H26N2O3S. The highest BCUT2D eigenvalue weighted by atomic mass is 32.1. The number of hydrogen-bond donors (Lipinski definition) is 0. The van der Waals surface area contributed by atoms with E-state index >= 15 is 0 Å². The van der Waals surface area contributed by atoms with Gasteiger partial charge in [0.15, 0.2) is 0 Å². The van der Waals surface area contributed by atoms with Crippen molar-refractivity contribution in [1.29, 1.82) is 0 Å². The summed E-state index contributed by atoms with van der Waals surface area (Å²) in [6, 6.07) is 18.5. The Bertz CT molecular complexity index is 923. The van der Waals surface area contributed by atoms with Crippen molar-refractivity contribution >= 4 is 17.4 Å². The first-order valence-corrected chi connectivity index (χ1v) is 11.2. The molecule has 0 aliphatic carbocycles. The lowest BCUT2D eigenvalue weighted by molar-refractivity contribution is 0.0807. The third-order valence-corrected chi connectivity index (χ3v) is 6.20. The zero-order valence-corrected chi connectivity index (χ0v) is 17.7. The number of benzene rings is 2. The van der Waals surface area contributed by atoms with Crippen LogP contribution in [-0.4, -0.2) is 35.7 Å². The summed E-state index contributed by atoms with van der Waals surface area (Å²) in [5, 5.41) is 0. The van der Waals surface area contributed by atoms with Crippen LogP contribution in [0.1, 0.15) is 24.1 Å². The Morgan fingerprint density at radius 3 is 2.60 bits per heavy atom. The summed E-state index contributed by atoms with van der Waals surface area (Å²) in [6.07, 6.45) is 4.47. The Balaban J connectivity index is 1.21. The van der Waals surface area contributed by atoms with Crippen molar-refractivity contribution in [2.45, 2.75) is 25.9 Å². The van der Waals surface area contributed by atoms with E-state index in [0.717, 1.165) is 48.5 Å². The van der Waals surface area contributed by atoms with Crippen molar-refractivity contribution < 1.29 is 14.3 Å². The van der Waals surface area contributed by atoms with Crippen LogP contribution in [0.4, 0.5) is 4.79 Å². The number of likely N-dealkylation sites (tertiary alicyclic amines) is 1. The van der Waals surface area contributed by atoms with Gasteiger partial charge in [0.05, 0.1) is 17.0 Å². The standard InChI is InChI=1S/C24H26N2O3S/c27-24(29-17-21-16-25-18-30-21)26-13-10-19(11-14-26)12-15-28-23-9-5-4-8-22(23)20-6-2-1-3-7-20/h1-9,16,18-19H,10-15,17H2. The maximum absolute atomic E-state index is 12.2. The molecule has 2 heterocycles. The molecule has 4 rings (SSSR count). The molecule has 0 saturated carbocycles. The molecule has 0 radical (unpaired) electrons. The van der Waals surface area contributed by atoms with E-state index in [0.29, 0.717) is 19.1 Å². The predicted molar refractivity (Wildman–Crippen MR) is 119 cm³/mol. The second kappa shape index (κ2) is 10.3. The molecule has 6 heteroatoms. The Hall–Kier alpha value is -2.86. The Morgan fingerprint density at radius 2 is 1.83 bits per heavy atom. The Morgan fingerprint density at radius 1 is 1.07 bits per heavy atom. The van der Waals surface area contributed by atoms with Crippen molar-refractivity contribution in [3.05, 3.63) is 71.2 Å². The van der Waals surface area contributed by atoms with Gasteiger partial charge in [-0.1, -0.05) is 48.5 Å². The van der Waals surface area contributed by atoms with E-state index in [1.165, 1.54) is 16.9 Å². The van der Waals surface area contributed by atoms with Crippen molar-refractivity contribution in [3.8, 4) is 16.9 Å². The van der Waals surface area contributed by atoms with Crippen LogP contribution in [0.3, 0.4) is 0 Å². The number of ether oxygens (including phenoxy) is 2. The number of carbonyl (C=O) groups excluding carboxylic acids is 1. The fourth-order valence-electron chi connectivity index (χ4n) is 3.73. The highest BCUT2D eigenvalue weighted by Crippen LogP contribution is 2.30. The minimum atomic E-state index is -0.227. The molecule has 1 fully saturated rings. The topological polar surface area (TPSA) is 51.7 Å². The minimum absolute atomic E-state index is 0.227. The molecule has 1 amide bonds. The lowest BCUT2D eigenvalue weighted by Crippen LogP contribution is -2.39. The highest BCUT2D eigenvalue weighted by molar-refractivity contribution is 7.09. The van der Waals surface area contributed by atoms with Crippen LogP contribution in [-0.2, 0) is 11.3 Å².